The molecule has 2 aliphatic rings. The molecule has 2 aromatic heterocycles. The number of nitrogen functional groups attached to an aromatic ring is 1. The van der Waals surface area contributed by atoms with Gasteiger partial charge in [-0.2, -0.15) is 4.39 Å². The van der Waals surface area contributed by atoms with Gasteiger partial charge >= 0.3 is 0 Å². The van der Waals surface area contributed by atoms with Gasteiger partial charge in [-0.05, 0) is 72.2 Å². The van der Waals surface area contributed by atoms with Crippen LogP contribution in [0.1, 0.15) is 24.8 Å². The molecule has 0 unspecified atom stereocenters. The molecule has 1 saturated carbocycles. The van der Waals surface area contributed by atoms with Gasteiger partial charge in [-0.25, -0.2) is 4.98 Å². The average molecular weight is 484 g/mol. The van der Waals surface area contributed by atoms with Crippen molar-refractivity contribution in [3.63, 3.8) is 0 Å². The van der Waals surface area contributed by atoms with Crippen LogP contribution < -0.4 is 16.2 Å². The number of aryl methyl sites for hydroxylation is 1. The number of hydrogen-bond donors (Lipinski definition) is 2. The van der Waals surface area contributed by atoms with E-state index in [2.05, 4.69) is 31.9 Å². The monoisotopic (exact) mass is 483 g/mol. The van der Waals surface area contributed by atoms with E-state index >= 15 is 0 Å². The standard InChI is InChI=1S/C29H30FN5O/c1-18-17-32-29(36)23-10-7-20(15-24(18)23)26-16-25(27(30)33-28(26)31)19-5-8-22(9-6-19)35-13-11-34(12-14-35)21-3-2-4-21/h5-10,15-17,21H,2-4,11-14H2,1H3,(H2,31,33)(H,32,36). The lowest BCUT2D eigenvalue weighted by atomic mass is 9.91. The molecule has 4 aromatic rings. The first kappa shape index (κ1) is 22.7. The minimum absolute atomic E-state index is 0.124. The molecule has 7 heteroatoms. The zero-order valence-electron chi connectivity index (χ0n) is 20.4. The molecule has 2 aromatic carbocycles. The van der Waals surface area contributed by atoms with Crippen molar-refractivity contribution in [2.24, 2.45) is 0 Å². The summed E-state index contributed by atoms with van der Waals surface area (Å²) in [5.74, 6) is -0.467. The van der Waals surface area contributed by atoms with Crippen LogP contribution in [0, 0.1) is 12.9 Å². The molecule has 0 radical (unpaired) electrons. The van der Waals surface area contributed by atoms with Crippen molar-refractivity contribution < 1.29 is 4.39 Å². The van der Waals surface area contributed by atoms with Gasteiger partial charge in [0.1, 0.15) is 5.82 Å². The Hall–Kier alpha value is -3.71. The summed E-state index contributed by atoms with van der Waals surface area (Å²) in [6.45, 7) is 6.17. The number of nitrogens with one attached hydrogen (secondary N) is 1. The molecule has 1 saturated heterocycles. The van der Waals surface area contributed by atoms with E-state index in [-0.39, 0.29) is 11.4 Å². The molecule has 6 nitrogen and oxygen atoms in total. The second kappa shape index (κ2) is 9.06. The number of H-pyrrole nitrogens is 1. The van der Waals surface area contributed by atoms with Gasteiger partial charge in [-0.1, -0.05) is 24.6 Å². The Labute approximate surface area is 209 Å². The molecule has 0 bridgehead atoms. The first-order chi connectivity index (χ1) is 17.5. The lowest BCUT2D eigenvalue weighted by Gasteiger charge is -2.43. The average Bonchev–Trinajstić information content (AvgIpc) is 2.86. The van der Waals surface area contributed by atoms with E-state index in [0.717, 1.165) is 60.0 Å². The molecule has 1 aliphatic heterocycles. The van der Waals surface area contributed by atoms with E-state index < -0.39 is 5.95 Å². The number of piperazine rings is 1. The van der Waals surface area contributed by atoms with Gasteiger partial charge in [0, 0.05) is 60.6 Å². The molecule has 0 spiro atoms. The maximum absolute atomic E-state index is 15.0. The van der Waals surface area contributed by atoms with Crippen molar-refractivity contribution in [1.82, 2.24) is 14.9 Å². The Morgan fingerprint density at radius 3 is 2.36 bits per heavy atom. The summed E-state index contributed by atoms with van der Waals surface area (Å²) < 4.78 is 15.0. The van der Waals surface area contributed by atoms with E-state index in [1.54, 1.807) is 18.3 Å². The van der Waals surface area contributed by atoms with E-state index in [1.165, 1.54) is 19.3 Å². The Morgan fingerprint density at radius 1 is 0.944 bits per heavy atom. The van der Waals surface area contributed by atoms with Crippen LogP contribution in [0.3, 0.4) is 0 Å². The quantitative estimate of drug-likeness (QED) is 0.401. The normalized spacial score (nSPS) is 16.9. The van der Waals surface area contributed by atoms with E-state index in [9.17, 15) is 9.18 Å². The Morgan fingerprint density at radius 2 is 1.67 bits per heavy atom. The maximum Gasteiger partial charge on any atom is 0.255 e. The Kier molecular flexibility index (Phi) is 5.72. The number of anilines is 2. The van der Waals surface area contributed by atoms with Crippen molar-refractivity contribution in [2.45, 2.75) is 32.2 Å². The zero-order valence-corrected chi connectivity index (χ0v) is 20.4. The minimum Gasteiger partial charge on any atom is -0.383 e. The van der Waals surface area contributed by atoms with Crippen molar-refractivity contribution in [2.75, 3.05) is 36.8 Å². The van der Waals surface area contributed by atoms with Gasteiger partial charge in [0.25, 0.3) is 5.56 Å². The second-order valence-corrected chi connectivity index (χ2v) is 9.98. The summed E-state index contributed by atoms with van der Waals surface area (Å²) in [5, 5.41) is 1.44. The number of aromatic nitrogens is 2. The second-order valence-electron chi connectivity index (χ2n) is 9.98. The highest BCUT2D eigenvalue weighted by molar-refractivity contribution is 5.91. The first-order valence-electron chi connectivity index (χ1n) is 12.7. The molecular weight excluding hydrogens is 453 g/mol. The highest BCUT2D eigenvalue weighted by atomic mass is 19.1. The third kappa shape index (κ3) is 4.03. The predicted molar refractivity (Wildman–Crippen MR) is 144 cm³/mol. The van der Waals surface area contributed by atoms with Gasteiger partial charge < -0.3 is 15.6 Å². The van der Waals surface area contributed by atoms with Gasteiger partial charge in [0.05, 0.1) is 0 Å². The van der Waals surface area contributed by atoms with Crippen LogP contribution in [-0.2, 0) is 0 Å². The summed E-state index contributed by atoms with van der Waals surface area (Å²) >= 11 is 0. The van der Waals surface area contributed by atoms with Crippen molar-refractivity contribution in [3.8, 4) is 22.3 Å². The lowest BCUT2D eigenvalue weighted by molar-refractivity contribution is 0.120. The van der Waals surface area contributed by atoms with E-state index in [0.29, 0.717) is 16.5 Å². The minimum atomic E-state index is -0.591. The summed E-state index contributed by atoms with van der Waals surface area (Å²) in [4.78, 5) is 24.0. The number of nitrogens with zero attached hydrogens (tertiary/aromatic N) is 3. The van der Waals surface area contributed by atoms with Gasteiger partial charge in [0.15, 0.2) is 0 Å². The smallest absolute Gasteiger partial charge is 0.255 e. The Bertz CT molecular complexity index is 1480. The third-order valence-corrected chi connectivity index (χ3v) is 7.87. The van der Waals surface area contributed by atoms with E-state index in [4.69, 9.17) is 5.73 Å². The van der Waals surface area contributed by atoms with Gasteiger partial charge in [-0.3, -0.25) is 9.69 Å². The zero-order chi connectivity index (χ0) is 24.8. The predicted octanol–water partition coefficient (Wildman–Crippen LogP) is 4.96. The van der Waals surface area contributed by atoms with Crippen molar-refractivity contribution >= 4 is 22.3 Å². The fourth-order valence-electron chi connectivity index (χ4n) is 5.45. The number of benzene rings is 2. The topological polar surface area (TPSA) is 78.2 Å². The fraction of sp³-hybridized carbons (Fsp3) is 0.310. The summed E-state index contributed by atoms with van der Waals surface area (Å²) in [6.07, 6.45) is 5.75. The number of hydrogen-bond acceptors (Lipinski definition) is 5. The van der Waals surface area contributed by atoms with E-state index in [1.807, 2.05) is 31.2 Å². The maximum atomic E-state index is 15.0. The molecule has 0 atom stereocenters. The molecular formula is C29H30FN5O. The van der Waals surface area contributed by atoms with Crippen LogP contribution in [-0.4, -0.2) is 47.1 Å². The molecule has 6 rings (SSSR count). The molecule has 3 N–H and O–H groups in total. The molecule has 0 amide bonds. The summed E-state index contributed by atoms with van der Waals surface area (Å²) in [7, 11) is 0. The Balaban J connectivity index is 1.28. The van der Waals surface area contributed by atoms with Crippen LogP contribution in [0.15, 0.2) is 59.5 Å². The number of nitrogens with two attached hydrogens (primary N) is 1. The summed E-state index contributed by atoms with van der Waals surface area (Å²) in [6, 6.07) is 16.1. The lowest BCUT2D eigenvalue weighted by Crippen LogP contribution is -2.52. The number of rotatable bonds is 4. The molecule has 36 heavy (non-hydrogen) atoms. The molecule has 3 heterocycles. The van der Waals surface area contributed by atoms with Crippen LogP contribution in [0.2, 0.25) is 0 Å². The van der Waals surface area contributed by atoms with Crippen LogP contribution in [0.25, 0.3) is 33.0 Å². The largest absolute Gasteiger partial charge is 0.383 e. The highest BCUT2D eigenvalue weighted by Crippen LogP contribution is 2.34. The number of pyridine rings is 2. The third-order valence-electron chi connectivity index (χ3n) is 7.87. The number of aromatic amines is 1. The van der Waals surface area contributed by atoms with Gasteiger partial charge in [-0.15, -0.1) is 0 Å². The van der Waals surface area contributed by atoms with Crippen molar-refractivity contribution in [3.05, 3.63) is 76.6 Å². The van der Waals surface area contributed by atoms with Gasteiger partial charge in [0.2, 0.25) is 5.95 Å². The van der Waals surface area contributed by atoms with Crippen LogP contribution >= 0.6 is 0 Å². The molecule has 184 valence electrons. The van der Waals surface area contributed by atoms with Crippen LogP contribution in [0.5, 0.6) is 0 Å². The molecule has 1 aliphatic carbocycles. The first-order valence-corrected chi connectivity index (χ1v) is 12.7. The number of fused-ring (bicyclic) bond motifs is 1. The number of halogens is 1. The SMILES string of the molecule is Cc1c[nH]c(=O)c2ccc(-c3cc(-c4ccc(N5CCN(C6CCC6)CC5)cc4)c(F)nc3N)cc12. The highest BCUT2D eigenvalue weighted by Gasteiger charge is 2.28. The van der Waals surface area contributed by atoms with Crippen LogP contribution in [0.4, 0.5) is 15.9 Å². The fourth-order valence-corrected chi connectivity index (χ4v) is 5.45. The van der Waals surface area contributed by atoms with Crippen molar-refractivity contribution in [1.29, 1.82) is 0 Å². The summed E-state index contributed by atoms with van der Waals surface area (Å²) in [5.41, 5.74) is 10.7. The molecule has 2 fully saturated rings.